The Morgan fingerprint density at radius 1 is 1.19 bits per heavy atom. The Morgan fingerprint density at radius 2 is 1.81 bits per heavy atom. The van der Waals surface area contributed by atoms with Crippen molar-refractivity contribution in [2.24, 2.45) is 0 Å². The standard InChI is InChI=1S/C20H23FN6O3S.2CH2O2/c1-3-27-19(29)13-10-12(31-18(13)24-20(27)30)11-25-6-8-26(9-7-25)15-5-4-14(17(28)22-2)23-16(15)21;2*2-1-3/h4-5,10H,3,6-9,11H2,1-2H3,(H,22,28)(H,24,30);2*1H,(H,2,3). The molecule has 0 aromatic carbocycles. The normalized spacial score (nSPS) is 13.1. The van der Waals surface area contributed by atoms with Crippen molar-refractivity contribution in [1.82, 2.24) is 24.8 Å². The molecule has 4 rings (SSSR count). The minimum atomic E-state index is -0.657. The molecule has 1 saturated heterocycles. The number of thiophene rings is 1. The Labute approximate surface area is 213 Å². The van der Waals surface area contributed by atoms with E-state index in [0.29, 0.717) is 55.2 Å². The molecule has 15 heteroatoms. The maximum atomic E-state index is 14.4. The third kappa shape index (κ3) is 7.20. The van der Waals surface area contributed by atoms with E-state index < -0.39 is 11.9 Å². The average molecular weight is 539 g/mol. The van der Waals surface area contributed by atoms with Crippen LogP contribution in [0.4, 0.5) is 10.1 Å². The van der Waals surface area contributed by atoms with Crippen molar-refractivity contribution >= 4 is 46.1 Å². The van der Waals surface area contributed by atoms with Crippen molar-refractivity contribution in [3.63, 3.8) is 0 Å². The first-order valence-corrected chi connectivity index (χ1v) is 11.8. The molecule has 3 aromatic rings. The van der Waals surface area contributed by atoms with E-state index in [2.05, 4.69) is 20.2 Å². The van der Waals surface area contributed by atoms with Crippen LogP contribution in [0.15, 0.2) is 27.8 Å². The molecule has 0 radical (unpaired) electrons. The van der Waals surface area contributed by atoms with Crippen LogP contribution in [0, 0.1) is 5.95 Å². The van der Waals surface area contributed by atoms with Crippen LogP contribution in [0.5, 0.6) is 0 Å². The van der Waals surface area contributed by atoms with Crippen LogP contribution in [-0.4, -0.2) is 81.7 Å². The number of aromatic nitrogens is 3. The fourth-order valence-electron chi connectivity index (χ4n) is 3.75. The summed E-state index contributed by atoms with van der Waals surface area (Å²) in [4.78, 5) is 65.1. The fraction of sp³-hybridized carbons (Fsp3) is 0.364. The first kappa shape index (κ1) is 29.1. The number of hydrogen-bond donors (Lipinski definition) is 4. The highest BCUT2D eigenvalue weighted by molar-refractivity contribution is 7.18. The molecule has 0 spiro atoms. The van der Waals surface area contributed by atoms with Crippen LogP contribution < -0.4 is 21.5 Å². The number of fused-ring (bicyclic) bond motifs is 1. The Balaban J connectivity index is 0.000000733. The fourth-order valence-corrected chi connectivity index (χ4v) is 4.83. The highest BCUT2D eigenvalue weighted by Crippen LogP contribution is 2.24. The number of anilines is 1. The highest BCUT2D eigenvalue weighted by atomic mass is 32.1. The van der Waals surface area contributed by atoms with Crippen LogP contribution in [0.2, 0.25) is 0 Å². The highest BCUT2D eigenvalue weighted by Gasteiger charge is 2.22. The van der Waals surface area contributed by atoms with Gasteiger partial charge in [-0.1, -0.05) is 0 Å². The maximum Gasteiger partial charge on any atom is 0.329 e. The minimum absolute atomic E-state index is 0.0484. The summed E-state index contributed by atoms with van der Waals surface area (Å²) in [5.74, 6) is -1.08. The van der Waals surface area contributed by atoms with Gasteiger partial charge in [-0.15, -0.1) is 11.3 Å². The second kappa shape index (κ2) is 13.8. The zero-order valence-electron chi connectivity index (χ0n) is 20.1. The summed E-state index contributed by atoms with van der Waals surface area (Å²) in [6.07, 6.45) is 0. The van der Waals surface area contributed by atoms with Gasteiger partial charge in [0.15, 0.2) is 0 Å². The Morgan fingerprint density at radius 3 is 2.35 bits per heavy atom. The molecule has 1 aliphatic rings. The van der Waals surface area contributed by atoms with E-state index in [0.717, 1.165) is 4.88 Å². The quantitative estimate of drug-likeness (QED) is 0.262. The van der Waals surface area contributed by atoms with Gasteiger partial charge in [-0.05, 0) is 25.1 Å². The molecule has 1 amide bonds. The molecule has 0 saturated carbocycles. The van der Waals surface area contributed by atoms with Crippen LogP contribution >= 0.6 is 11.3 Å². The topological polar surface area (TPSA) is 178 Å². The number of nitrogens with zero attached hydrogens (tertiary/aromatic N) is 4. The van der Waals surface area contributed by atoms with E-state index in [1.54, 1.807) is 13.0 Å². The van der Waals surface area contributed by atoms with Crippen molar-refractivity contribution in [1.29, 1.82) is 0 Å². The Hall–Kier alpha value is -4.11. The number of aromatic amines is 1. The second-order valence-electron chi connectivity index (χ2n) is 7.49. The van der Waals surface area contributed by atoms with Crippen molar-refractivity contribution in [2.75, 3.05) is 38.1 Å². The van der Waals surface area contributed by atoms with Gasteiger partial charge < -0.3 is 20.4 Å². The van der Waals surface area contributed by atoms with Gasteiger partial charge in [-0.3, -0.25) is 33.6 Å². The van der Waals surface area contributed by atoms with Gasteiger partial charge in [0.25, 0.3) is 24.4 Å². The number of carbonyl (C=O) groups is 3. The van der Waals surface area contributed by atoms with Crippen LogP contribution in [-0.2, 0) is 22.7 Å². The predicted octanol–water partition coefficient (Wildman–Crippen LogP) is 0.389. The van der Waals surface area contributed by atoms with Gasteiger partial charge in [0.05, 0.1) is 11.1 Å². The van der Waals surface area contributed by atoms with Gasteiger partial charge in [-0.2, -0.15) is 4.39 Å². The van der Waals surface area contributed by atoms with Crippen LogP contribution in [0.1, 0.15) is 22.3 Å². The summed E-state index contributed by atoms with van der Waals surface area (Å²) in [5, 5.41) is 16.7. The molecule has 37 heavy (non-hydrogen) atoms. The monoisotopic (exact) mass is 538 g/mol. The molecule has 1 fully saturated rings. The lowest BCUT2D eigenvalue weighted by Gasteiger charge is -2.35. The van der Waals surface area contributed by atoms with E-state index >= 15 is 0 Å². The Bertz CT molecular complexity index is 1340. The number of carbonyl (C=O) groups excluding carboxylic acids is 1. The number of carboxylic acid groups (broad SMARTS) is 2. The third-order valence-electron chi connectivity index (χ3n) is 5.42. The van der Waals surface area contributed by atoms with E-state index in [1.165, 1.54) is 29.0 Å². The molecule has 1 aliphatic heterocycles. The zero-order valence-corrected chi connectivity index (χ0v) is 21.0. The smallest absolute Gasteiger partial charge is 0.329 e. The number of H-pyrrole nitrogens is 1. The van der Waals surface area contributed by atoms with Crippen molar-refractivity contribution in [2.45, 2.75) is 20.0 Å². The van der Waals surface area contributed by atoms with Gasteiger partial charge in [0.1, 0.15) is 10.5 Å². The molecule has 200 valence electrons. The molecule has 4 N–H and O–H groups in total. The molecule has 0 atom stereocenters. The molecule has 0 bridgehead atoms. The van der Waals surface area contributed by atoms with Gasteiger partial charge >= 0.3 is 5.69 Å². The number of hydrogen-bond acceptors (Lipinski definition) is 9. The number of halogens is 1. The van der Waals surface area contributed by atoms with Crippen molar-refractivity contribution in [3.8, 4) is 0 Å². The lowest BCUT2D eigenvalue weighted by Crippen LogP contribution is -2.46. The molecule has 4 heterocycles. The lowest BCUT2D eigenvalue weighted by molar-refractivity contribution is -0.123. The van der Waals surface area contributed by atoms with Crippen LogP contribution in [0.25, 0.3) is 10.2 Å². The maximum absolute atomic E-state index is 14.4. The number of nitrogens with one attached hydrogen (secondary N) is 2. The summed E-state index contributed by atoms with van der Waals surface area (Å²) in [7, 11) is 1.47. The predicted molar refractivity (Wildman–Crippen MR) is 135 cm³/mol. The molecule has 13 nitrogen and oxygen atoms in total. The summed E-state index contributed by atoms with van der Waals surface area (Å²) < 4.78 is 15.6. The third-order valence-corrected chi connectivity index (χ3v) is 6.46. The minimum Gasteiger partial charge on any atom is -0.483 e. The summed E-state index contributed by atoms with van der Waals surface area (Å²) in [5.41, 5.74) is -0.226. The van der Waals surface area contributed by atoms with Gasteiger partial charge in [-0.25, -0.2) is 9.78 Å². The van der Waals surface area contributed by atoms with Gasteiger partial charge in [0, 0.05) is 51.2 Å². The molecule has 3 aromatic heterocycles. The zero-order chi connectivity index (χ0) is 27.5. The van der Waals surface area contributed by atoms with Crippen molar-refractivity contribution in [3.05, 3.63) is 55.6 Å². The largest absolute Gasteiger partial charge is 0.483 e. The van der Waals surface area contributed by atoms with Gasteiger partial charge in [0.2, 0.25) is 5.95 Å². The summed E-state index contributed by atoms with van der Waals surface area (Å²) in [6.45, 7) is 4.88. The number of pyridine rings is 1. The molecule has 0 unspecified atom stereocenters. The van der Waals surface area contributed by atoms with E-state index in [9.17, 15) is 18.8 Å². The number of piperazine rings is 1. The molecular formula is C22H27FN6O7S. The average Bonchev–Trinajstić information content (AvgIpc) is 3.27. The van der Waals surface area contributed by atoms with E-state index in [4.69, 9.17) is 19.8 Å². The van der Waals surface area contributed by atoms with Crippen LogP contribution in [0.3, 0.4) is 0 Å². The number of amides is 1. The SMILES string of the molecule is CCn1c(=O)[nH]c2sc(CN3CCN(c4ccc(C(=O)NC)nc4F)CC3)cc2c1=O.O=CO.O=CO. The first-order valence-electron chi connectivity index (χ1n) is 11.0. The van der Waals surface area contributed by atoms with Crippen molar-refractivity contribution < 1.29 is 29.0 Å². The molecule has 0 aliphatic carbocycles. The Kier molecular flexibility index (Phi) is 10.9. The first-order chi connectivity index (χ1) is 17.7. The second-order valence-corrected chi connectivity index (χ2v) is 8.63. The summed E-state index contributed by atoms with van der Waals surface area (Å²) in [6, 6.07) is 4.95. The number of rotatable bonds is 5. The van der Waals surface area contributed by atoms with E-state index in [1.807, 2.05) is 11.0 Å². The summed E-state index contributed by atoms with van der Waals surface area (Å²) >= 11 is 1.41. The van der Waals surface area contributed by atoms with E-state index in [-0.39, 0.29) is 29.9 Å². The molecular weight excluding hydrogens is 511 g/mol. The lowest BCUT2D eigenvalue weighted by atomic mass is 10.2.